The number of hydrogen-bond acceptors (Lipinski definition) is 2. The van der Waals surface area contributed by atoms with Crippen LogP contribution in [0.25, 0.3) is 0 Å². The Kier molecular flexibility index (Phi) is 3.58. The van der Waals surface area contributed by atoms with E-state index in [0.717, 1.165) is 43.1 Å². The average molecular weight is 185 g/mol. The third kappa shape index (κ3) is 2.23. The maximum atomic E-state index is 8.73. The molecule has 0 fully saturated rings. The Morgan fingerprint density at radius 1 is 1.50 bits per heavy atom. The Morgan fingerprint density at radius 3 is 2.75 bits per heavy atom. The molecule has 3 heteroatoms. The van der Waals surface area contributed by atoms with Crippen LogP contribution in [-0.4, -0.2) is 24.5 Å². The zero-order valence-corrected chi connectivity index (χ0v) is 8.06. The Balaban J connectivity index is 2.62. The van der Waals surface area contributed by atoms with E-state index in [4.69, 9.17) is 16.9 Å². The highest BCUT2D eigenvalue weighted by Gasteiger charge is 2.13. The molecule has 1 aliphatic heterocycles. The number of nitrogens with zero attached hydrogens (tertiary/aromatic N) is 2. The van der Waals surface area contributed by atoms with E-state index in [1.807, 2.05) is 0 Å². The Morgan fingerprint density at radius 2 is 2.17 bits per heavy atom. The third-order valence-corrected chi connectivity index (χ3v) is 2.65. The second-order valence-corrected chi connectivity index (χ2v) is 3.39. The lowest BCUT2D eigenvalue weighted by Crippen LogP contribution is -2.24. The summed E-state index contributed by atoms with van der Waals surface area (Å²) in [6.45, 7) is 5.13. The van der Waals surface area contributed by atoms with Crippen molar-refractivity contribution in [2.24, 2.45) is 0 Å². The molecule has 0 aliphatic carbocycles. The van der Waals surface area contributed by atoms with Crippen molar-refractivity contribution < 1.29 is 0 Å². The molecule has 0 saturated heterocycles. The van der Waals surface area contributed by atoms with Crippen LogP contribution in [0.4, 0.5) is 0 Å². The molecule has 0 bridgehead atoms. The number of halogens is 1. The fourth-order valence-corrected chi connectivity index (χ4v) is 1.58. The highest BCUT2D eigenvalue weighted by atomic mass is 35.5. The van der Waals surface area contributed by atoms with Crippen LogP contribution in [0.2, 0.25) is 0 Å². The van der Waals surface area contributed by atoms with Crippen molar-refractivity contribution in [3.63, 3.8) is 0 Å². The van der Waals surface area contributed by atoms with Crippen molar-refractivity contribution in [3.05, 3.63) is 10.6 Å². The first kappa shape index (κ1) is 9.57. The Hall–Kier alpha value is -0.520. The minimum atomic E-state index is 0.758. The predicted molar refractivity (Wildman–Crippen MR) is 49.8 cm³/mol. The maximum absolute atomic E-state index is 8.73. The fourth-order valence-electron chi connectivity index (χ4n) is 1.36. The Labute approximate surface area is 78.4 Å². The van der Waals surface area contributed by atoms with E-state index in [1.165, 1.54) is 0 Å². The fraction of sp³-hybridized carbons (Fsp3) is 0.667. The van der Waals surface area contributed by atoms with Crippen LogP contribution in [-0.2, 0) is 0 Å². The molecule has 1 aliphatic rings. The van der Waals surface area contributed by atoms with Gasteiger partial charge in [0.2, 0.25) is 0 Å². The van der Waals surface area contributed by atoms with Gasteiger partial charge in [0.25, 0.3) is 0 Å². The standard InChI is InChI=1S/C9H13ClN2/c1-2-12-5-3-8(7-11)9(10)4-6-12/h2-6H2,1H3. The van der Waals surface area contributed by atoms with Gasteiger partial charge >= 0.3 is 0 Å². The minimum absolute atomic E-state index is 0.758. The summed E-state index contributed by atoms with van der Waals surface area (Å²) in [6.07, 6.45) is 1.64. The van der Waals surface area contributed by atoms with Crippen molar-refractivity contribution in [3.8, 4) is 6.07 Å². The van der Waals surface area contributed by atoms with Crippen LogP contribution in [0.3, 0.4) is 0 Å². The Bertz CT molecular complexity index is 227. The second-order valence-electron chi connectivity index (χ2n) is 2.93. The van der Waals surface area contributed by atoms with E-state index >= 15 is 0 Å². The molecule has 0 amide bonds. The van der Waals surface area contributed by atoms with Gasteiger partial charge in [-0.1, -0.05) is 18.5 Å². The lowest BCUT2D eigenvalue weighted by Gasteiger charge is -2.16. The molecule has 0 aromatic rings. The molecule has 0 aromatic heterocycles. The zero-order valence-electron chi connectivity index (χ0n) is 7.31. The van der Waals surface area contributed by atoms with Gasteiger partial charge in [0.1, 0.15) is 0 Å². The van der Waals surface area contributed by atoms with Crippen molar-refractivity contribution in [1.82, 2.24) is 4.90 Å². The molecular formula is C9H13ClN2. The molecule has 0 unspecified atom stereocenters. The number of nitriles is 1. The van der Waals surface area contributed by atoms with Gasteiger partial charge in [-0.3, -0.25) is 0 Å². The van der Waals surface area contributed by atoms with E-state index in [2.05, 4.69) is 17.9 Å². The van der Waals surface area contributed by atoms with Gasteiger partial charge in [0.05, 0.1) is 6.07 Å². The van der Waals surface area contributed by atoms with Crippen LogP contribution in [0.15, 0.2) is 10.6 Å². The monoisotopic (exact) mass is 184 g/mol. The molecule has 2 nitrogen and oxygen atoms in total. The second kappa shape index (κ2) is 4.49. The van der Waals surface area contributed by atoms with Crippen molar-refractivity contribution in [1.29, 1.82) is 5.26 Å². The normalized spacial score (nSPS) is 20.4. The van der Waals surface area contributed by atoms with Gasteiger partial charge in [0, 0.05) is 23.7 Å². The number of hydrogen-bond donors (Lipinski definition) is 0. The highest BCUT2D eigenvalue weighted by molar-refractivity contribution is 6.30. The number of rotatable bonds is 1. The average Bonchev–Trinajstić information content (AvgIpc) is 2.27. The lowest BCUT2D eigenvalue weighted by atomic mass is 10.2. The summed E-state index contributed by atoms with van der Waals surface area (Å²) in [7, 11) is 0. The first-order chi connectivity index (χ1) is 5.77. The summed E-state index contributed by atoms with van der Waals surface area (Å²) in [6, 6.07) is 2.16. The molecule has 0 radical (unpaired) electrons. The summed E-state index contributed by atoms with van der Waals surface area (Å²) in [4.78, 5) is 2.31. The summed E-state index contributed by atoms with van der Waals surface area (Å²) in [5.74, 6) is 0. The van der Waals surface area contributed by atoms with E-state index in [9.17, 15) is 0 Å². The molecule has 0 aromatic carbocycles. The van der Waals surface area contributed by atoms with E-state index in [-0.39, 0.29) is 0 Å². The van der Waals surface area contributed by atoms with E-state index in [0.29, 0.717) is 0 Å². The largest absolute Gasteiger partial charge is 0.303 e. The summed E-state index contributed by atoms with van der Waals surface area (Å²) in [5.41, 5.74) is 0.771. The highest BCUT2D eigenvalue weighted by Crippen LogP contribution is 2.20. The summed E-state index contributed by atoms with van der Waals surface area (Å²) < 4.78 is 0. The molecule has 0 atom stereocenters. The van der Waals surface area contributed by atoms with Gasteiger partial charge in [0.15, 0.2) is 0 Å². The van der Waals surface area contributed by atoms with Crippen LogP contribution in [0.1, 0.15) is 19.8 Å². The van der Waals surface area contributed by atoms with Gasteiger partial charge in [-0.2, -0.15) is 5.26 Å². The SMILES string of the molecule is CCN1CCC(Cl)=C(C#N)CC1. The zero-order chi connectivity index (χ0) is 8.97. The first-order valence-electron chi connectivity index (χ1n) is 4.28. The predicted octanol–water partition coefficient (Wildman–Crippen LogP) is 2.12. The van der Waals surface area contributed by atoms with Gasteiger partial charge in [-0.25, -0.2) is 0 Å². The molecule has 0 spiro atoms. The van der Waals surface area contributed by atoms with Crippen molar-refractivity contribution >= 4 is 11.6 Å². The van der Waals surface area contributed by atoms with E-state index in [1.54, 1.807) is 0 Å². The van der Waals surface area contributed by atoms with Crippen molar-refractivity contribution in [2.75, 3.05) is 19.6 Å². The van der Waals surface area contributed by atoms with Crippen LogP contribution < -0.4 is 0 Å². The van der Waals surface area contributed by atoms with Crippen LogP contribution in [0.5, 0.6) is 0 Å². The van der Waals surface area contributed by atoms with Gasteiger partial charge in [-0.05, 0) is 19.4 Å². The molecule has 1 heterocycles. The van der Waals surface area contributed by atoms with E-state index < -0.39 is 0 Å². The summed E-state index contributed by atoms with van der Waals surface area (Å²) in [5, 5.41) is 9.49. The maximum Gasteiger partial charge on any atom is 0.0959 e. The topological polar surface area (TPSA) is 27.0 Å². The molecule has 0 saturated carbocycles. The summed E-state index contributed by atoms with van der Waals surface area (Å²) >= 11 is 5.94. The molecule has 0 N–H and O–H groups in total. The van der Waals surface area contributed by atoms with Gasteiger partial charge < -0.3 is 4.90 Å². The molecule has 1 rings (SSSR count). The van der Waals surface area contributed by atoms with Gasteiger partial charge in [-0.15, -0.1) is 0 Å². The van der Waals surface area contributed by atoms with Crippen LogP contribution >= 0.6 is 11.6 Å². The molecular weight excluding hydrogens is 172 g/mol. The smallest absolute Gasteiger partial charge is 0.0959 e. The molecule has 12 heavy (non-hydrogen) atoms. The quantitative estimate of drug-likeness (QED) is 0.624. The van der Waals surface area contributed by atoms with Crippen LogP contribution in [0, 0.1) is 11.3 Å². The third-order valence-electron chi connectivity index (χ3n) is 2.24. The first-order valence-corrected chi connectivity index (χ1v) is 4.65. The minimum Gasteiger partial charge on any atom is -0.303 e. The van der Waals surface area contributed by atoms with Crippen molar-refractivity contribution in [2.45, 2.75) is 19.8 Å². The lowest BCUT2D eigenvalue weighted by molar-refractivity contribution is 0.304. The molecule has 66 valence electrons.